The van der Waals surface area contributed by atoms with Gasteiger partial charge in [0.2, 0.25) is 0 Å². The summed E-state index contributed by atoms with van der Waals surface area (Å²) >= 11 is 0. The van der Waals surface area contributed by atoms with Crippen LogP contribution in [0.15, 0.2) is 12.3 Å². The number of hydrogen-bond donors (Lipinski definition) is 2. The number of carbonyl (C=O) groups is 2. The molecule has 16 heavy (non-hydrogen) atoms. The van der Waals surface area contributed by atoms with Gasteiger partial charge in [0.15, 0.2) is 0 Å². The van der Waals surface area contributed by atoms with Crippen LogP contribution >= 0.6 is 0 Å². The van der Waals surface area contributed by atoms with Gasteiger partial charge in [-0.25, -0.2) is 4.79 Å². The number of nitrogens with one attached hydrogen (secondary N) is 1. The van der Waals surface area contributed by atoms with Gasteiger partial charge in [0, 0.05) is 19.7 Å². The predicted octanol–water partition coefficient (Wildman–Crippen LogP) is -0.374. The zero-order valence-electron chi connectivity index (χ0n) is 8.67. The van der Waals surface area contributed by atoms with E-state index in [2.05, 4.69) is 16.3 Å². The van der Waals surface area contributed by atoms with Crippen molar-refractivity contribution in [3.63, 3.8) is 0 Å². The summed E-state index contributed by atoms with van der Waals surface area (Å²) in [5.74, 6) is 0.473. The van der Waals surface area contributed by atoms with Gasteiger partial charge in [-0.15, -0.1) is 12.3 Å². The van der Waals surface area contributed by atoms with Crippen LogP contribution < -0.4 is 5.32 Å². The van der Waals surface area contributed by atoms with Gasteiger partial charge in [0.05, 0.1) is 0 Å². The van der Waals surface area contributed by atoms with E-state index in [9.17, 15) is 9.59 Å². The molecule has 1 rings (SSSR count). The molecule has 0 aliphatic carbocycles. The first-order valence-corrected chi connectivity index (χ1v) is 4.51. The second kappa shape index (κ2) is 4.98. The number of aromatic nitrogens is 2. The van der Waals surface area contributed by atoms with Crippen LogP contribution in [0.4, 0.5) is 0 Å². The number of carboxylic acids is 1. The molecule has 0 bridgehead atoms. The van der Waals surface area contributed by atoms with Gasteiger partial charge in [-0.3, -0.25) is 9.48 Å². The summed E-state index contributed by atoms with van der Waals surface area (Å²) < 4.78 is 1.45. The number of aryl methyl sites for hydroxylation is 1. The topological polar surface area (TPSA) is 84.2 Å². The molecule has 84 valence electrons. The van der Waals surface area contributed by atoms with Crippen LogP contribution in [0.1, 0.15) is 16.9 Å². The molecule has 1 atom stereocenters. The molecule has 6 nitrogen and oxygen atoms in total. The molecule has 1 amide bonds. The van der Waals surface area contributed by atoms with Crippen molar-refractivity contribution in [1.29, 1.82) is 0 Å². The lowest BCUT2D eigenvalue weighted by Gasteiger charge is -2.09. The number of nitrogens with zero attached hydrogens (tertiary/aromatic N) is 2. The number of aliphatic carboxylic acids is 1. The standard InChI is InChI=1S/C10H11N3O3/c1-3-4-8(10(15)16)11-9(14)7-5-6-13(2)12-7/h1,5-6,8H,4H2,2H3,(H,11,14)(H,15,16). The van der Waals surface area contributed by atoms with Crippen LogP contribution in [0.5, 0.6) is 0 Å². The Bertz CT molecular complexity index is 444. The van der Waals surface area contributed by atoms with Gasteiger partial charge in [0.25, 0.3) is 5.91 Å². The van der Waals surface area contributed by atoms with E-state index in [1.165, 1.54) is 10.7 Å². The highest BCUT2D eigenvalue weighted by Gasteiger charge is 2.20. The molecule has 0 fully saturated rings. The van der Waals surface area contributed by atoms with Crippen molar-refractivity contribution >= 4 is 11.9 Å². The number of rotatable bonds is 4. The molecular weight excluding hydrogens is 210 g/mol. The van der Waals surface area contributed by atoms with Crippen LogP contribution in [0.25, 0.3) is 0 Å². The van der Waals surface area contributed by atoms with Crippen molar-refractivity contribution < 1.29 is 14.7 Å². The Morgan fingerprint density at radius 3 is 2.88 bits per heavy atom. The van der Waals surface area contributed by atoms with E-state index in [1.54, 1.807) is 13.2 Å². The van der Waals surface area contributed by atoms with Crippen molar-refractivity contribution in [3.05, 3.63) is 18.0 Å². The van der Waals surface area contributed by atoms with Crippen molar-refractivity contribution in [2.24, 2.45) is 7.05 Å². The first-order chi connectivity index (χ1) is 7.54. The fourth-order valence-corrected chi connectivity index (χ4v) is 1.09. The molecule has 0 aromatic carbocycles. The van der Waals surface area contributed by atoms with Crippen molar-refractivity contribution in [3.8, 4) is 12.3 Å². The van der Waals surface area contributed by atoms with Crippen molar-refractivity contribution in [2.45, 2.75) is 12.5 Å². The van der Waals surface area contributed by atoms with E-state index in [4.69, 9.17) is 11.5 Å². The molecule has 6 heteroatoms. The molecule has 0 saturated heterocycles. The smallest absolute Gasteiger partial charge is 0.327 e. The highest BCUT2D eigenvalue weighted by Crippen LogP contribution is 1.97. The third-order valence-electron chi connectivity index (χ3n) is 1.87. The molecule has 0 saturated carbocycles. The molecule has 0 spiro atoms. The molecular formula is C10H11N3O3. The van der Waals surface area contributed by atoms with Gasteiger partial charge in [-0.1, -0.05) is 0 Å². The Morgan fingerprint density at radius 2 is 2.44 bits per heavy atom. The minimum atomic E-state index is -1.16. The summed E-state index contributed by atoms with van der Waals surface area (Å²) in [6, 6.07) is 0.406. The van der Waals surface area contributed by atoms with Gasteiger partial charge in [-0.05, 0) is 6.07 Å². The van der Waals surface area contributed by atoms with Gasteiger partial charge in [-0.2, -0.15) is 5.10 Å². The van der Waals surface area contributed by atoms with Gasteiger partial charge >= 0.3 is 5.97 Å². The Morgan fingerprint density at radius 1 is 1.75 bits per heavy atom. The Labute approximate surface area is 92.3 Å². The molecule has 0 aliphatic rings. The Kier molecular flexibility index (Phi) is 3.67. The predicted molar refractivity (Wildman–Crippen MR) is 55.5 cm³/mol. The SMILES string of the molecule is C#CCC(NC(=O)c1ccn(C)n1)C(=O)O. The summed E-state index contributed by atoms with van der Waals surface area (Å²) in [5, 5.41) is 14.9. The molecule has 1 heterocycles. The van der Waals surface area contributed by atoms with Crippen LogP contribution in [0.2, 0.25) is 0 Å². The fourth-order valence-electron chi connectivity index (χ4n) is 1.09. The average molecular weight is 221 g/mol. The molecule has 1 unspecified atom stereocenters. The summed E-state index contributed by atoms with van der Waals surface area (Å²) in [7, 11) is 1.66. The number of carbonyl (C=O) groups excluding carboxylic acids is 1. The van der Waals surface area contributed by atoms with E-state index in [1.807, 2.05) is 0 Å². The first-order valence-electron chi connectivity index (χ1n) is 4.51. The van der Waals surface area contributed by atoms with E-state index in [0.29, 0.717) is 0 Å². The van der Waals surface area contributed by atoms with Crippen molar-refractivity contribution in [1.82, 2.24) is 15.1 Å². The normalized spacial score (nSPS) is 11.5. The monoisotopic (exact) mass is 221 g/mol. The van der Waals surface area contributed by atoms with Crippen LogP contribution in [-0.4, -0.2) is 32.8 Å². The minimum Gasteiger partial charge on any atom is -0.480 e. The van der Waals surface area contributed by atoms with E-state index in [0.717, 1.165) is 0 Å². The maximum atomic E-state index is 11.5. The van der Waals surface area contributed by atoms with Crippen LogP contribution in [-0.2, 0) is 11.8 Å². The maximum absolute atomic E-state index is 11.5. The second-order valence-corrected chi connectivity index (χ2v) is 3.15. The summed E-state index contributed by atoms with van der Waals surface area (Å²) in [5.41, 5.74) is 0.158. The largest absolute Gasteiger partial charge is 0.480 e. The summed E-state index contributed by atoms with van der Waals surface area (Å²) in [6.45, 7) is 0. The molecule has 1 aromatic rings. The number of carboxylic acid groups (broad SMARTS) is 1. The lowest BCUT2D eigenvalue weighted by atomic mass is 10.2. The van der Waals surface area contributed by atoms with Crippen LogP contribution in [0.3, 0.4) is 0 Å². The molecule has 1 aromatic heterocycles. The van der Waals surface area contributed by atoms with Crippen molar-refractivity contribution in [2.75, 3.05) is 0 Å². The van der Waals surface area contributed by atoms with Gasteiger partial charge in [0.1, 0.15) is 11.7 Å². The molecule has 0 aliphatic heterocycles. The van der Waals surface area contributed by atoms with E-state index < -0.39 is 17.9 Å². The Balaban J connectivity index is 2.69. The zero-order valence-corrected chi connectivity index (χ0v) is 8.67. The third kappa shape index (κ3) is 2.85. The number of amides is 1. The third-order valence-corrected chi connectivity index (χ3v) is 1.87. The highest BCUT2D eigenvalue weighted by molar-refractivity contribution is 5.94. The number of hydrogen-bond acceptors (Lipinski definition) is 3. The van der Waals surface area contributed by atoms with Gasteiger partial charge < -0.3 is 10.4 Å². The Hall–Kier alpha value is -2.29. The van der Waals surface area contributed by atoms with E-state index in [-0.39, 0.29) is 12.1 Å². The number of terminal acetylenes is 1. The maximum Gasteiger partial charge on any atom is 0.327 e. The quantitative estimate of drug-likeness (QED) is 0.679. The second-order valence-electron chi connectivity index (χ2n) is 3.15. The first kappa shape index (κ1) is 11.8. The summed E-state index contributed by atoms with van der Waals surface area (Å²) in [6.07, 6.45) is 6.53. The molecule has 2 N–H and O–H groups in total. The average Bonchev–Trinajstić information content (AvgIpc) is 2.64. The fraction of sp³-hybridized carbons (Fsp3) is 0.300. The highest BCUT2D eigenvalue weighted by atomic mass is 16.4. The van der Waals surface area contributed by atoms with Crippen LogP contribution in [0, 0.1) is 12.3 Å². The summed E-state index contributed by atoms with van der Waals surface area (Å²) in [4.78, 5) is 22.3. The molecule has 0 radical (unpaired) electrons. The van der Waals surface area contributed by atoms with E-state index >= 15 is 0 Å². The zero-order chi connectivity index (χ0) is 12.1. The lowest BCUT2D eigenvalue weighted by Crippen LogP contribution is -2.40. The lowest BCUT2D eigenvalue weighted by molar-refractivity contribution is -0.139. The minimum absolute atomic E-state index is 0.0616.